The van der Waals surface area contributed by atoms with Gasteiger partial charge in [-0.3, -0.25) is 33.8 Å². The third-order valence-corrected chi connectivity index (χ3v) is 19.7. The summed E-state index contributed by atoms with van der Waals surface area (Å²) >= 11 is 0. The smallest absolute Gasteiger partial charge is 0.306 e. The molecule has 0 spiro atoms. The zero-order valence-corrected chi connectivity index (χ0v) is 50.2. The Morgan fingerprint density at radius 3 is 1.37 bits per heavy atom. The van der Waals surface area contributed by atoms with Gasteiger partial charge in [0.2, 0.25) is 0 Å². The molecule has 4 aliphatic carbocycles. The number of esters is 1. The maximum atomic E-state index is 14.3. The number of fused-ring (bicyclic) bond motifs is 10. The van der Waals surface area contributed by atoms with Crippen LogP contribution >= 0.6 is 0 Å². The Balaban J connectivity index is 0.000000186. The first kappa shape index (κ1) is 62.3. The third-order valence-electron chi connectivity index (χ3n) is 19.7. The molecular weight excluding hydrogens is 1040 g/mol. The van der Waals surface area contributed by atoms with Crippen molar-refractivity contribution in [2.24, 2.45) is 34.7 Å². The monoisotopic (exact) mass is 1140 g/mol. The van der Waals surface area contributed by atoms with Crippen molar-refractivity contribution in [3.8, 4) is 0 Å². The highest BCUT2D eigenvalue weighted by Crippen LogP contribution is 2.49. The molecule has 6 heterocycles. The number of aliphatic carboxylic acids is 1. The Morgan fingerprint density at radius 1 is 0.542 bits per heavy atom. The van der Waals surface area contributed by atoms with Crippen molar-refractivity contribution in [2.45, 2.75) is 270 Å². The SMILES string of the molecule is C.CC(C)C.CC(C)ON=C(CCC(=O)O)c1nc2ccccc2n(C2C[C@H]3CCC[C@@H](C2)N3C2CC3CCCC(C3)C2)c1=O.CCOC(=O)CCC(=O)c1nc2ccccc2n(C2C[C@H]3CCC[C@@H](C2)N3C2CC3CCCC(C3)C2)c1=O. The highest BCUT2D eigenvalue weighted by Gasteiger charge is 2.47. The average Bonchev–Trinajstić information content (AvgIpc) is 3.56. The van der Waals surface area contributed by atoms with Gasteiger partial charge >= 0.3 is 11.9 Å². The zero-order chi connectivity index (χ0) is 57.6. The van der Waals surface area contributed by atoms with Crippen LogP contribution in [0.15, 0.2) is 63.3 Å². The molecule has 8 bridgehead atoms. The summed E-state index contributed by atoms with van der Waals surface area (Å²) in [7, 11) is 0. The quantitative estimate of drug-likeness (QED) is 0.0516. The number of hydrogen-bond donors (Lipinski definition) is 1. The number of oxime groups is 1. The lowest BCUT2D eigenvalue weighted by atomic mass is 9.68. The van der Waals surface area contributed by atoms with E-state index in [9.17, 15) is 29.1 Å². The molecule has 0 amide bonds. The lowest BCUT2D eigenvalue weighted by Gasteiger charge is -2.55. The number of aromatic nitrogens is 4. The molecule has 2 aromatic carbocycles. The summed E-state index contributed by atoms with van der Waals surface area (Å²) in [5.41, 5.74) is 3.06. The van der Waals surface area contributed by atoms with Crippen molar-refractivity contribution in [2.75, 3.05) is 6.61 Å². The van der Waals surface area contributed by atoms with E-state index in [1.54, 1.807) is 6.92 Å². The molecule has 8 aliphatic rings. The number of piperidine rings is 4. The van der Waals surface area contributed by atoms with Crippen LogP contribution in [0.1, 0.15) is 244 Å². The zero-order valence-electron chi connectivity index (χ0n) is 50.2. The molecule has 15 heteroatoms. The molecule has 4 aliphatic heterocycles. The normalized spacial score (nSPS) is 29.6. The number of carbonyl (C=O) groups is 3. The van der Waals surface area contributed by atoms with Crippen LogP contribution in [0.3, 0.4) is 0 Å². The predicted molar refractivity (Wildman–Crippen MR) is 329 cm³/mol. The molecule has 4 saturated carbocycles. The summed E-state index contributed by atoms with van der Waals surface area (Å²) in [5.74, 6) is 2.71. The van der Waals surface area contributed by atoms with E-state index >= 15 is 0 Å². The fraction of sp³-hybridized carbons (Fsp3) is 0.706. The van der Waals surface area contributed by atoms with Crippen LogP contribution in [-0.2, 0) is 19.2 Å². The van der Waals surface area contributed by atoms with E-state index in [1.165, 1.54) is 116 Å². The largest absolute Gasteiger partial charge is 0.481 e. The standard InChI is InChI=1S/C32H44N4O4.C31H41N3O4.C4H10.CH4/c1-20(2)40-34-28(13-14-30(37)38)31-32(39)36(29-12-4-3-11-27(29)33-31)26-18-23-9-6-10-24(19-26)35(23)25-16-21-7-5-8-22(15-21)17-25;1-2-38-29(36)14-13-28(35)30-31(37)34(27-12-4-3-11-26(27)32-30)25-18-22-9-6-10-23(19-25)33(22)24-16-20-7-5-8-21(15-20)17-24;1-4(2)3;/h3-4,11-12,20-26H,5-10,13-19H2,1-2H3,(H,37,38);3-4,11-12,20-25H,2,5-10,13-19H2,1H3;4H,1-3H3;1H4/t21?,22?,23-,24+,25?,26?;20?,21?,22-,23+,24?,25?;;. The molecular formula is C68H99N7O8. The summed E-state index contributed by atoms with van der Waals surface area (Å²) in [6, 6.07) is 19.1. The number of carboxylic acids is 1. The summed E-state index contributed by atoms with van der Waals surface area (Å²) in [4.78, 5) is 85.1. The number of ether oxygens (including phenoxy) is 1. The molecule has 83 heavy (non-hydrogen) atoms. The van der Waals surface area contributed by atoms with E-state index in [0.717, 1.165) is 71.8 Å². The molecule has 12 rings (SSSR count). The first-order chi connectivity index (χ1) is 39.6. The van der Waals surface area contributed by atoms with Gasteiger partial charge in [0.25, 0.3) is 11.1 Å². The maximum absolute atomic E-state index is 14.3. The van der Waals surface area contributed by atoms with Crippen molar-refractivity contribution < 1.29 is 29.1 Å². The Labute approximate surface area is 493 Å². The summed E-state index contributed by atoms with van der Waals surface area (Å²) < 4.78 is 8.84. The highest BCUT2D eigenvalue weighted by atomic mass is 16.6. The Kier molecular flexibility index (Phi) is 21.2. The van der Waals surface area contributed by atoms with Crippen LogP contribution in [0.25, 0.3) is 22.1 Å². The lowest BCUT2D eigenvalue weighted by Crippen LogP contribution is -2.58. The molecule has 15 nitrogen and oxygen atoms in total. The van der Waals surface area contributed by atoms with Gasteiger partial charge < -0.3 is 23.8 Å². The van der Waals surface area contributed by atoms with Gasteiger partial charge in [0.05, 0.1) is 41.5 Å². The number of carbonyl (C=O) groups excluding carboxylic acids is 2. The van der Waals surface area contributed by atoms with E-state index in [1.807, 2.05) is 71.5 Å². The van der Waals surface area contributed by atoms with Gasteiger partial charge in [0.1, 0.15) is 11.8 Å². The fourth-order valence-electron chi connectivity index (χ4n) is 16.8. The minimum absolute atomic E-state index is 0. The number of nitrogens with zero attached hydrogens (tertiary/aromatic N) is 7. The summed E-state index contributed by atoms with van der Waals surface area (Å²) in [5, 5.41) is 13.6. The number of ketones is 1. The van der Waals surface area contributed by atoms with Gasteiger partial charge in [-0.05, 0) is 165 Å². The van der Waals surface area contributed by atoms with Crippen LogP contribution in [0.5, 0.6) is 0 Å². The molecule has 10 atom stereocenters. The van der Waals surface area contributed by atoms with E-state index in [0.29, 0.717) is 47.5 Å². The van der Waals surface area contributed by atoms with E-state index in [-0.39, 0.29) is 86.2 Å². The predicted octanol–water partition coefficient (Wildman–Crippen LogP) is 13.7. The number of benzene rings is 2. The van der Waals surface area contributed by atoms with Gasteiger partial charge in [0, 0.05) is 61.2 Å². The van der Waals surface area contributed by atoms with Crippen molar-refractivity contribution in [3.05, 3.63) is 80.6 Å². The second kappa shape index (κ2) is 28.3. The van der Waals surface area contributed by atoms with E-state index in [4.69, 9.17) is 14.6 Å². The Bertz CT molecular complexity index is 2970. The number of para-hydroxylation sites is 4. The fourth-order valence-corrected chi connectivity index (χ4v) is 16.8. The summed E-state index contributed by atoms with van der Waals surface area (Å²) in [6.45, 7) is 12.2. The molecule has 2 aromatic heterocycles. The lowest BCUT2D eigenvalue weighted by molar-refractivity contribution is -0.143. The maximum Gasteiger partial charge on any atom is 0.306 e. The number of Topliss-reactive ketones (excluding diaryl/α,β-unsaturated/α-hetero) is 1. The van der Waals surface area contributed by atoms with Crippen molar-refractivity contribution >= 4 is 45.5 Å². The second-order valence-electron chi connectivity index (χ2n) is 27.0. The van der Waals surface area contributed by atoms with Gasteiger partial charge in [-0.1, -0.05) is 109 Å². The van der Waals surface area contributed by atoms with Crippen LogP contribution in [0.2, 0.25) is 0 Å². The molecule has 4 aromatic rings. The molecule has 6 unspecified atom stereocenters. The molecule has 1 N–H and O–H groups in total. The van der Waals surface area contributed by atoms with Gasteiger partial charge in [-0.15, -0.1) is 0 Å². The first-order valence-corrected chi connectivity index (χ1v) is 32.3. The summed E-state index contributed by atoms with van der Waals surface area (Å²) in [6.07, 6.45) is 27.6. The number of carboxylic acid groups (broad SMARTS) is 1. The molecule has 4 saturated heterocycles. The number of rotatable bonds is 15. The number of hydrogen-bond acceptors (Lipinski definition) is 12. The van der Waals surface area contributed by atoms with Crippen LogP contribution < -0.4 is 11.1 Å². The molecule has 0 radical (unpaired) electrons. The van der Waals surface area contributed by atoms with Crippen molar-refractivity contribution in [1.29, 1.82) is 0 Å². The Hall–Kier alpha value is -5.28. The van der Waals surface area contributed by atoms with Crippen molar-refractivity contribution in [1.82, 2.24) is 28.9 Å². The highest BCUT2D eigenvalue weighted by molar-refractivity contribution is 6.01. The second-order valence-corrected chi connectivity index (χ2v) is 27.0. The average molecular weight is 1140 g/mol. The Morgan fingerprint density at radius 2 is 0.952 bits per heavy atom. The van der Waals surface area contributed by atoms with Gasteiger partial charge in [0.15, 0.2) is 17.2 Å². The minimum atomic E-state index is -0.939. The van der Waals surface area contributed by atoms with Crippen LogP contribution in [-0.4, -0.2) is 106 Å². The van der Waals surface area contributed by atoms with Crippen molar-refractivity contribution in [3.63, 3.8) is 0 Å². The van der Waals surface area contributed by atoms with Crippen LogP contribution in [0, 0.1) is 29.6 Å². The first-order valence-electron chi connectivity index (χ1n) is 32.3. The minimum Gasteiger partial charge on any atom is -0.481 e. The molecule has 8 fully saturated rings. The molecule has 454 valence electrons. The topological polar surface area (TPSA) is 179 Å². The van der Waals surface area contributed by atoms with E-state index in [2.05, 4.69) is 40.7 Å². The third kappa shape index (κ3) is 14.7. The van der Waals surface area contributed by atoms with E-state index < -0.39 is 11.9 Å². The van der Waals surface area contributed by atoms with Gasteiger partial charge in [-0.2, -0.15) is 0 Å². The van der Waals surface area contributed by atoms with Crippen LogP contribution in [0.4, 0.5) is 0 Å². The van der Waals surface area contributed by atoms with Gasteiger partial charge in [-0.25, -0.2) is 9.97 Å².